The normalized spacial score (nSPS) is 25.4. The van der Waals surface area contributed by atoms with Crippen LogP contribution >= 0.6 is 15.9 Å². The summed E-state index contributed by atoms with van der Waals surface area (Å²) in [5.41, 5.74) is 0.584. The Kier molecular flexibility index (Phi) is 3.29. The average molecular weight is 279 g/mol. The Morgan fingerprint density at radius 3 is 2.50 bits per heavy atom. The highest BCUT2D eigenvalue weighted by Gasteiger charge is 2.42. The summed E-state index contributed by atoms with van der Waals surface area (Å²) in [6, 6.07) is 9.98. The van der Waals surface area contributed by atoms with Gasteiger partial charge in [0.05, 0.1) is 5.41 Å². The van der Waals surface area contributed by atoms with Crippen LogP contribution in [0.1, 0.15) is 31.2 Å². The molecule has 0 saturated heterocycles. The number of ketones is 1. The minimum absolute atomic E-state index is 0.298. The van der Waals surface area contributed by atoms with Crippen LogP contribution in [0.5, 0.6) is 0 Å². The van der Waals surface area contributed by atoms with Crippen LogP contribution < -0.4 is 0 Å². The maximum absolute atomic E-state index is 12.3. The molecule has 2 heteroatoms. The molecular formula is C14H15BrO. The summed E-state index contributed by atoms with van der Waals surface area (Å²) in [5, 5.41) is 0. The summed E-state index contributed by atoms with van der Waals surface area (Å²) >= 11 is 3.45. The van der Waals surface area contributed by atoms with E-state index in [1.165, 1.54) is 0 Å². The van der Waals surface area contributed by atoms with Crippen LogP contribution in [-0.4, -0.2) is 5.78 Å². The molecule has 16 heavy (non-hydrogen) atoms. The third-order valence-corrected chi connectivity index (χ3v) is 4.09. The summed E-state index contributed by atoms with van der Waals surface area (Å²) < 4.78 is 0.802. The Morgan fingerprint density at radius 2 is 1.94 bits per heavy atom. The highest BCUT2D eigenvalue weighted by molar-refractivity contribution is 9.11. The summed E-state index contributed by atoms with van der Waals surface area (Å²) in [6.07, 6.45) is 3.64. The highest BCUT2D eigenvalue weighted by Crippen LogP contribution is 2.44. The predicted octanol–water partition coefficient (Wildman–Crippen LogP) is 3.98. The number of rotatable bonds is 2. The smallest absolute Gasteiger partial charge is 0.148 e. The maximum Gasteiger partial charge on any atom is 0.148 e. The Hall–Kier alpha value is -0.890. The van der Waals surface area contributed by atoms with E-state index in [9.17, 15) is 4.79 Å². The lowest BCUT2D eigenvalue weighted by atomic mass is 9.68. The quantitative estimate of drug-likeness (QED) is 0.800. The fraction of sp³-hybridized carbons (Fsp3) is 0.357. The molecule has 1 aliphatic carbocycles. The fourth-order valence-corrected chi connectivity index (χ4v) is 3.15. The molecule has 2 rings (SSSR count). The van der Waals surface area contributed by atoms with Crippen molar-refractivity contribution in [3.8, 4) is 0 Å². The molecule has 0 aliphatic heterocycles. The summed E-state index contributed by atoms with van der Waals surface area (Å²) in [6.45, 7) is 3.97. The lowest BCUT2D eigenvalue weighted by Gasteiger charge is -2.35. The first-order chi connectivity index (χ1) is 7.68. The van der Waals surface area contributed by atoms with Gasteiger partial charge in [-0.3, -0.25) is 4.79 Å². The Morgan fingerprint density at radius 1 is 1.25 bits per heavy atom. The number of hydrogen-bond acceptors (Lipinski definition) is 1. The van der Waals surface area contributed by atoms with E-state index in [-0.39, 0.29) is 0 Å². The van der Waals surface area contributed by atoms with Crippen molar-refractivity contribution in [2.24, 2.45) is 0 Å². The van der Waals surface area contributed by atoms with Crippen molar-refractivity contribution in [1.29, 1.82) is 0 Å². The second kappa shape index (κ2) is 4.54. The van der Waals surface area contributed by atoms with Gasteiger partial charge in [0.25, 0.3) is 0 Å². The standard InChI is InChI=1S/C14H15BrO/c1-11(15)14(10-6-5-9-13(14)16)12-7-3-2-4-8-12/h2-4,7-8H,1,5-6,9-10H2. The van der Waals surface area contributed by atoms with Crippen molar-refractivity contribution in [3.63, 3.8) is 0 Å². The van der Waals surface area contributed by atoms with Crippen LogP contribution in [0.4, 0.5) is 0 Å². The molecule has 1 nitrogen and oxygen atoms in total. The van der Waals surface area contributed by atoms with Gasteiger partial charge in [0.15, 0.2) is 0 Å². The molecule has 1 aromatic rings. The zero-order valence-electron chi connectivity index (χ0n) is 9.21. The van der Waals surface area contributed by atoms with Crippen LogP contribution in [0, 0.1) is 0 Å². The third-order valence-electron chi connectivity index (χ3n) is 3.41. The minimum Gasteiger partial charge on any atom is -0.298 e. The fourth-order valence-electron chi connectivity index (χ4n) is 2.50. The Bertz CT molecular complexity index is 410. The zero-order chi connectivity index (χ0) is 11.6. The van der Waals surface area contributed by atoms with Gasteiger partial charge in [0.2, 0.25) is 0 Å². The third kappa shape index (κ3) is 1.75. The molecule has 84 valence electrons. The second-order valence-electron chi connectivity index (χ2n) is 4.31. The van der Waals surface area contributed by atoms with Crippen molar-refractivity contribution in [2.75, 3.05) is 0 Å². The molecule has 0 spiro atoms. The number of allylic oxidation sites excluding steroid dienone is 1. The van der Waals surface area contributed by atoms with Gasteiger partial charge < -0.3 is 0 Å². The van der Waals surface area contributed by atoms with Crippen LogP contribution in [-0.2, 0) is 10.2 Å². The zero-order valence-corrected chi connectivity index (χ0v) is 10.8. The monoisotopic (exact) mass is 278 g/mol. The van der Waals surface area contributed by atoms with E-state index in [1.54, 1.807) is 0 Å². The predicted molar refractivity (Wildman–Crippen MR) is 69.7 cm³/mol. The second-order valence-corrected chi connectivity index (χ2v) is 5.26. The molecule has 1 unspecified atom stereocenters. The van der Waals surface area contributed by atoms with E-state index in [0.29, 0.717) is 12.2 Å². The number of carbonyl (C=O) groups excluding carboxylic acids is 1. The van der Waals surface area contributed by atoms with E-state index in [1.807, 2.05) is 30.3 Å². The maximum atomic E-state index is 12.3. The number of hydrogen-bond donors (Lipinski definition) is 0. The van der Waals surface area contributed by atoms with Gasteiger partial charge in [0.1, 0.15) is 5.78 Å². The van der Waals surface area contributed by atoms with E-state index in [4.69, 9.17) is 0 Å². The average Bonchev–Trinajstić information content (AvgIpc) is 2.30. The van der Waals surface area contributed by atoms with E-state index in [2.05, 4.69) is 22.5 Å². The highest BCUT2D eigenvalue weighted by atomic mass is 79.9. The lowest BCUT2D eigenvalue weighted by molar-refractivity contribution is -0.124. The first-order valence-electron chi connectivity index (χ1n) is 5.61. The van der Waals surface area contributed by atoms with Crippen molar-refractivity contribution in [3.05, 3.63) is 47.0 Å². The molecule has 1 saturated carbocycles. The number of benzene rings is 1. The molecule has 0 N–H and O–H groups in total. The Labute approximate surface area is 105 Å². The SMILES string of the molecule is C=C(Br)C1(c2ccccc2)CCCCC1=O. The summed E-state index contributed by atoms with van der Waals surface area (Å²) in [5.74, 6) is 0.298. The van der Waals surface area contributed by atoms with Crippen molar-refractivity contribution >= 4 is 21.7 Å². The molecule has 0 radical (unpaired) electrons. The lowest BCUT2D eigenvalue weighted by Crippen LogP contribution is -2.38. The number of carbonyl (C=O) groups is 1. The molecule has 1 atom stereocenters. The van der Waals surface area contributed by atoms with Crippen LogP contribution in [0.15, 0.2) is 41.4 Å². The summed E-state index contributed by atoms with van der Waals surface area (Å²) in [7, 11) is 0. The van der Waals surface area contributed by atoms with Crippen LogP contribution in [0.2, 0.25) is 0 Å². The largest absolute Gasteiger partial charge is 0.298 e. The van der Waals surface area contributed by atoms with Crippen molar-refractivity contribution < 1.29 is 4.79 Å². The number of halogens is 1. The topological polar surface area (TPSA) is 17.1 Å². The Balaban J connectivity index is 2.51. The van der Waals surface area contributed by atoms with Crippen molar-refractivity contribution in [2.45, 2.75) is 31.1 Å². The van der Waals surface area contributed by atoms with Gasteiger partial charge >= 0.3 is 0 Å². The first kappa shape index (κ1) is 11.6. The molecule has 0 bridgehead atoms. The van der Waals surface area contributed by atoms with Gasteiger partial charge in [-0.05, 0) is 18.4 Å². The number of Topliss-reactive ketones (excluding diaryl/α,β-unsaturated/α-hetero) is 1. The molecule has 1 aliphatic rings. The molecule has 1 fully saturated rings. The molecule has 1 aromatic carbocycles. The van der Waals surface area contributed by atoms with E-state index < -0.39 is 5.41 Å². The molecule has 0 amide bonds. The van der Waals surface area contributed by atoms with Gasteiger partial charge in [-0.1, -0.05) is 59.3 Å². The van der Waals surface area contributed by atoms with Gasteiger partial charge in [0, 0.05) is 10.9 Å². The van der Waals surface area contributed by atoms with Crippen LogP contribution in [0.3, 0.4) is 0 Å². The van der Waals surface area contributed by atoms with Gasteiger partial charge in [-0.25, -0.2) is 0 Å². The van der Waals surface area contributed by atoms with Crippen LogP contribution in [0.25, 0.3) is 0 Å². The van der Waals surface area contributed by atoms with Crippen molar-refractivity contribution in [1.82, 2.24) is 0 Å². The molecule has 0 aromatic heterocycles. The summed E-state index contributed by atoms with van der Waals surface area (Å²) in [4.78, 5) is 12.3. The van der Waals surface area contributed by atoms with E-state index >= 15 is 0 Å². The van der Waals surface area contributed by atoms with Gasteiger partial charge in [-0.2, -0.15) is 0 Å². The van der Waals surface area contributed by atoms with Gasteiger partial charge in [-0.15, -0.1) is 0 Å². The first-order valence-corrected chi connectivity index (χ1v) is 6.41. The molecular weight excluding hydrogens is 264 g/mol. The molecule has 0 heterocycles. The minimum atomic E-state index is -0.487. The van der Waals surface area contributed by atoms with E-state index in [0.717, 1.165) is 29.3 Å².